The summed E-state index contributed by atoms with van der Waals surface area (Å²) in [5.74, 6) is 0.826. The summed E-state index contributed by atoms with van der Waals surface area (Å²) in [5.41, 5.74) is 5.47. The van der Waals surface area contributed by atoms with Gasteiger partial charge in [-0.3, -0.25) is 0 Å². The Labute approximate surface area is 102 Å². The molecule has 0 spiro atoms. The van der Waals surface area contributed by atoms with E-state index in [1.54, 1.807) is 11.8 Å². The zero-order valence-electron chi connectivity index (χ0n) is 8.71. The molecule has 0 atom stereocenters. The molecule has 16 heavy (non-hydrogen) atoms. The van der Waals surface area contributed by atoms with Gasteiger partial charge in [-0.2, -0.15) is 0 Å². The maximum absolute atomic E-state index is 5.55. The number of aromatic nitrogens is 2. The molecule has 1 aromatic carbocycles. The Kier molecular flexibility index (Phi) is 3.63. The minimum absolute atomic E-state index is 0.410. The van der Waals surface area contributed by atoms with E-state index in [0.29, 0.717) is 11.7 Å². The van der Waals surface area contributed by atoms with Crippen molar-refractivity contribution >= 4 is 28.2 Å². The Balaban J connectivity index is 1.94. The number of rotatable bonds is 4. The maximum Gasteiger partial charge on any atom is 0.203 e. The maximum atomic E-state index is 5.55. The standard InChI is InChI=1S/C10H11N3OS2/c1-15-8-4-2-7(3-5-8)14-6-9-12-13-10(11)16-9/h2-5H,6H2,1H3,(H2,11,13). The average molecular weight is 253 g/mol. The largest absolute Gasteiger partial charge is 0.486 e. The molecule has 6 heteroatoms. The predicted molar refractivity (Wildman–Crippen MR) is 66.9 cm³/mol. The number of nitrogens with zero attached hydrogens (tertiary/aromatic N) is 2. The quantitative estimate of drug-likeness (QED) is 0.848. The molecule has 2 rings (SSSR count). The molecule has 0 saturated heterocycles. The van der Waals surface area contributed by atoms with Crippen molar-refractivity contribution in [2.45, 2.75) is 11.5 Å². The molecule has 0 aliphatic heterocycles. The van der Waals surface area contributed by atoms with E-state index in [2.05, 4.69) is 10.2 Å². The number of nitrogen functional groups attached to an aromatic ring is 1. The predicted octanol–water partition coefficient (Wildman–Crippen LogP) is 2.42. The minimum atomic E-state index is 0.410. The lowest BCUT2D eigenvalue weighted by molar-refractivity contribution is 0.304. The van der Waals surface area contributed by atoms with Crippen LogP contribution in [0.2, 0.25) is 0 Å². The van der Waals surface area contributed by atoms with Gasteiger partial charge in [0.2, 0.25) is 5.13 Å². The second-order valence-electron chi connectivity index (χ2n) is 3.00. The highest BCUT2D eigenvalue weighted by molar-refractivity contribution is 7.98. The van der Waals surface area contributed by atoms with E-state index in [0.717, 1.165) is 10.8 Å². The van der Waals surface area contributed by atoms with Crippen molar-refractivity contribution in [3.8, 4) is 5.75 Å². The highest BCUT2D eigenvalue weighted by Gasteiger charge is 2.01. The Morgan fingerprint density at radius 2 is 2.06 bits per heavy atom. The molecule has 0 aliphatic carbocycles. The first-order valence-electron chi connectivity index (χ1n) is 4.62. The van der Waals surface area contributed by atoms with E-state index < -0.39 is 0 Å². The van der Waals surface area contributed by atoms with Gasteiger partial charge in [-0.25, -0.2) is 0 Å². The third kappa shape index (κ3) is 2.86. The molecule has 0 radical (unpaired) electrons. The molecule has 1 aromatic heterocycles. The molecule has 0 aliphatic rings. The summed E-state index contributed by atoms with van der Waals surface area (Å²) in [6.07, 6.45) is 2.04. The van der Waals surface area contributed by atoms with Gasteiger partial charge in [0, 0.05) is 4.90 Å². The fourth-order valence-corrected chi connectivity index (χ4v) is 2.07. The molecule has 0 fully saturated rings. The summed E-state index contributed by atoms with van der Waals surface area (Å²) in [6.45, 7) is 0.410. The van der Waals surface area contributed by atoms with E-state index in [1.807, 2.05) is 30.5 Å². The number of hydrogen-bond acceptors (Lipinski definition) is 6. The molecule has 2 N–H and O–H groups in total. The molecule has 0 bridgehead atoms. The van der Waals surface area contributed by atoms with Gasteiger partial charge in [0.15, 0.2) is 5.01 Å². The third-order valence-electron chi connectivity index (χ3n) is 1.90. The Morgan fingerprint density at radius 1 is 1.31 bits per heavy atom. The van der Waals surface area contributed by atoms with Crippen LogP contribution in [0.15, 0.2) is 29.2 Å². The summed E-state index contributed by atoms with van der Waals surface area (Å²) in [5, 5.41) is 8.85. The fourth-order valence-electron chi connectivity index (χ4n) is 1.14. The number of nitrogens with two attached hydrogens (primary N) is 1. The van der Waals surface area contributed by atoms with Crippen molar-refractivity contribution in [2.75, 3.05) is 12.0 Å². The van der Waals surface area contributed by atoms with Gasteiger partial charge in [0.05, 0.1) is 0 Å². The van der Waals surface area contributed by atoms with E-state index >= 15 is 0 Å². The van der Waals surface area contributed by atoms with Crippen molar-refractivity contribution in [1.82, 2.24) is 10.2 Å². The number of thioether (sulfide) groups is 1. The smallest absolute Gasteiger partial charge is 0.203 e. The van der Waals surface area contributed by atoms with Gasteiger partial charge in [-0.1, -0.05) is 11.3 Å². The van der Waals surface area contributed by atoms with Crippen molar-refractivity contribution in [3.05, 3.63) is 29.3 Å². The molecule has 84 valence electrons. The first-order chi connectivity index (χ1) is 7.78. The summed E-state index contributed by atoms with van der Waals surface area (Å²) >= 11 is 3.04. The van der Waals surface area contributed by atoms with Crippen molar-refractivity contribution in [3.63, 3.8) is 0 Å². The number of ether oxygens (including phenoxy) is 1. The first kappa shape index (κ1) is 11.2. The van der Waals surface area contributed by atoms with Gasteiger partial charge in [0.25, 0.3) is 0 Å². The van der Waals surface area contributed by atoms with E-state index in [9.17, 15) is 0 Å². The van der Waals surface area contributed by atoms with Gasteiger partial charge in [0.1, 0.15) is 12.4 Å². The van der Waals surface area contributed by atoms with Gasteiger partial charge in [-0.05, 0) is 30.5 Å². The van der Waals surface area contributed by atoms with Crippen LogP contribution in [-0.4, -0.2) is 16.5 Å². The third-order valence-corrected chi connectivity index (χ3v) is 3.37. The molecule has 0 amide bonds. The number of benzene rings is 1. The highest BCUT2D eigenvalue weighted by atomic mass is 32.2. The molecule has 0 saturated carbocycles. The Hall–Kier alpha value is -1.27. The van der Waals surface area contributed by atoms with E-state index in [4.69, 9.17) is 10.5 Å². The minimum Gasteiger partial charge on any atom is -0.486 e. The zero-order valence-corrected chi connectivity index (χ0v) is 10.3. The van der Waals surface area contributed by atoms with Crippen LogP contribution >= 0.6 is 23.1 Å². The Morgan fingerprint density at radius 3 is 2.62 bits per heavy atom. The summed E-state index contributed by atoms with van der Waals surface area (Å²) in [6, 6.07) is 7.93. The van der Waals surface area contributed by atoms with Crippen LogP contribution in [0.4, 0.5) is 5.13 Å². The lowest BCUT2D eigenvalue weighted by Gasteiger charge is -2.03. The van der Waals surface area contributed by atoms with Crippen LogP contribution in [0.5, 0.6) is 5.75 Å². The lowest BCUT2D eigenvalue weighted by Crippen LogP contribution is -1.94. The highest BCUT2D eigenvalue weighted by Crippen LogP contribution is 2.20. The van der Waals surface area contributed by atoms with Crippen LogP contribution in [0.25, 0.3) is 0 Å². The lowest BCUT2D eigenvalue weighted by atomic mass is 10.3. The van der Waals surface area contributed by atoms with Gasteiger partial charge >= 0.3 is 0 Å². The Bertz CT molecular complexity index is 455. The molecule has 0 unspecified atom stereocenters. The average Bonchev–Trinajstić information content (AvgIpc) is 2.73. The second-order valence-corrected chi connectivity index (χ2v) is 4.97. The van der Waals surface area contributed by atoms with Crippen LogP contribution in [0, 0.1) is 0 Å². The topological polar surface area (TPSA) is 61.0 Å². The van der Waals surface area contributed by atoms with E-state index in [-0.39, 0.29) is 0 Å². The van der Waals surface area contributed by atoms with Crippen molar-refractivity contribution in [2.24, 2.45) is 0 Å². The number of anilines is 1. The molecule has 1 heterocycles. The molecule has 4 nitrogen and oxygen atoms in total. The van der Waals surface area contributed by atoms with Crippen LogP contribution in [0.1, 0.15) is 5.01 Å². The monoisotopic (exact) mass is 253 g/mol. The van der Waals surface area contributed by atoms with Gasteiger partial charge < -0.3 is 10.5 Å². The van der Waals surface area contributed by atoms with Crippen LogP contribution < -0.4 is 10.5 Å². The summed E-state index contributed by atoms with van der Waals surface area (Å²) < 4.78 is 5.55. The summed E-state index contributed by atoms with van der Waals surface area (Å²) in [7, 11) is 0. The summed E-state index contributed by atoms with van der Waals surface area (Å²) in [4.78, 5) is 1.22. The molecular formula is C10H11N3OS2. The SMILES string of the molecule is CSc1ccc(OCc2nnc(N)s2)cc1. The second kappa shape index (κ2) is 5.18. The van der Waals surface area contributed by atoms with Gasteiger partial charge in [-0.15, -0.1) is 22.0 Å². The molecule has 2 aromatic rings. The van der Waals surface area contributed by atoms with Crippen molar-refractivity contribution < 1.29 is 4.74 Å². The fraction of sp³-hybridized carbons (Fsp3) is 0.200. The van der Waals surface area contributed by atoms with Crippen LogP contribution in [-0.2, 0) is 6.61 Å². The van der Waals surface area contributed by atoms with E-state index in [1.165, 1.54) is 16.2 Å². The zero-order chi connectivity index (χ0) is 11.4. The molecular weight excluding hydrogens is 242 g/mol. The normalized spacial score (nSPS) is 10.3. The van der Waals surface area contributed by atoms with Crippen molar-refractivity contribution in [1.29, 1.82) is 0 Å². The number of hydrogen-bond donors (Lipinski definition) is 1. The van der Waals surface area contributed by atoms with Crippen LogP contribution in [0.3, 0.4) is 0 Å². The first-order valence-corrected chi connectivity index (χ1v) is 6.67.